The van der Waals surface area contributed by atoms with Crippen LogP contribution in [-0.4, -0.2) is 7.11 Å². The number of nitrogen functional groups attached to an aromatic ring is 1. The van der Waals surface area contributed by atoms with Gasteiger partial charge in [-0.15, -0.1) is 0 Å². The van der Waals surface area contributed by atoms with Crippen molar-refractivity contribution in [2.45, 2.75) is 20.8 Å². The highest BCUT2D eigenvalue weighted by Gasteiger charge is 2.02. The largest absolute Gasteiger partial charge is 0.495 e. The van der Waals surface area contributed by atoms with E-state index in [1.54, 1.807) is 19.2 Å². The first-order valence-electron chi connectivity index (χ1n) is 4.24. The van der Waals surface area contributed by atoms with Crippen LogP contribution in [0, 0.1) is 6.92 Å². The molecule has 0 saturated carbocycles. The van der Waals surface area contributed by atoms with Crippen LogP contribution in [-0.2, 0) is 0 Å². The number of benzene rings is 1. The number of methoxy groups -OCH3 is 1. The van der Waals surface area contributed by atoms with Crippen LogP contribution in [0.5, 0.6) is 5.75 Å². The Morgan fingerprint density at radius 2 is 1.85 bits per heavy atom. The second-order valence-corrected chi connectivity index (χ2v) is 2.75. The highest BCUT2D eigenvalue weighted by atomic mass is 35.5. The van der Waals surface area contributed by atoms with Crippen LogP contribution in [0.25, 0.3) is 0 Å². The van der Waals surface area contributed by atoms with Crippen molar-refractivity contribution in [2.75, 3.05) is 12.8 Å². The predicted molar refractivity (Wildman–Crippen MR) is 58.5 cm³/mol. The summed E-state index contributed by atoms with van der Waals surface area (Å²) in [7, 11) is 1.57. The minimum absolute atomic E-state index is 0.620. The molecule has 74 valence electrons. The van der Waals surface area contributed by atoms with Crippen LogP contribution in [0.4, 0.5) is 5.69 Å². The van der Waals surface area contributed by atoms with Crippen LogP contribution in [0.3, 0.4) is 0 Å². The number of hydrogen-bond acceptors (Lipinski definition) is 2. The summed E-state index contributed by atoms with van der Waals surface area (Å²) in [5, 5.41) is 0.677. The number of hydrogen-bond donors (Lipinski definition) is 1. The number of anilines is 1. The second kappa shape index (κ2) is 5.70. The number of nitrogens with two attached hydrogens (primary N) is 1. The molecule has 0 radical (unpaired) electrons. The van der Waals surface area contributed by atoms with Gasteiger partial charge in [0.25, 0.3) is 0 Å². The van der Waals surface area contributed by atoms with Crippen LogP contribution in [0.15, 0.2) is 12.1 Å². The molecule has 2 N–H and O–H groups in total. The van der Waals surface area contributed by atoms with E-state index in [1.165, 1.54) is 0 Å². The highest BCUT2D eigenvalue weighted by molar-refractivity contribution is 6.31. The minimum atomic E-state index is 0.620. The Kier molecular flexibility index (Phi) is 5.31. The van der Waals surface area contributed by atoms with E-state index in [2.05, 4.69) is 0 Å². The molecule has 0 aliphatic carbocycles. The Morgan fingerprint density at radius 1 is 1.31 bits per heavy atom. The third-order valence-electron chi connectivity index (χ3n) is 1.51. The summed E-state index contributed by atoms with van der Waals surface area (Å²) in [6.07, 6.45) is 0. The van der Waals surface area contributed by atoms with Gasteiger partial charge in [0.05, 0.1) is 12.8 Å². The van der Waals surface area contributed by atoms with Crippen molar-refractivity contribution in [2.24, 2.45) is 0 Å². The summed E-state index contributed by atoms with van der Waals surface area (Å²) < 4.78 is 4.97. The van der Waals surface area contributed by atoms with Crippen molar-refractivity contribution in [3.05, 3.63) is 22.7 Å². The number of ether oxygens (including phenoxy) is 1. The van der Waals surface area contributed by atoms with Gasteiger partial charge in [0, 0.05) is 11.1 Å². The fourth-order valence-corrected chi connectivity index (χ4v) is 1.02. The molecule has 3 heteroatoms. The van der Waals surface area contributed by atoms with E-state index in [1.807, 2.05) is 20.8 Å². The Hall–Kier alpha value is -0.890. The Morgan fingerprint density at radius 3 is 2.31 bits per heavy atom. The van der Waals surface area contributed by atoms with Gasteiger partial charge in [-0.05, 0) is 18.6 Å². The molecule has 0 amide bonds. The zero-order chi connectivity index (χ0) is 10.4. The molecule has 1 rings (SSSR count). The monoisotopic (exact) mass is 201 g/mol. The quantitative estimate of drug-likeness (QED) is 0.708. The molecule has 0 fully saturated rings. The third kappa shape index (κ3) is 3.15. The van der Waals surface area contributed by atoms with E-state index in [0.29, 0.717) is 16.5 Å². The van der Waals surface area contributed by atoms with Crippen LogP contribution in [0.2, 0.25) is 5.02 Å². The molecule has 0 aromatic heterocycles. The Bertz CT molecular complexity index is 274. The van der Waals surface area contributed by atoms with E-state index in [0.717, 1.165) is 5.56 Å². The molecule has 0 aliphatic heterocycles. The molecule has 0 unspecified atom stereocenters. The van der Waals surface area contributed by atoms with E-state index in [4.69, 9.17) is 22.1 Å². The standard InChI is InChI=1S/C8H10ClNO.C2H6/c1-5-3-7(10)8(11-2)4-6(5)9;1-2/h3-4H,10H2,1-2H3;1-2H3. The van der Waals surface area contributed by atoms with Gasteiger partial charge in [0.15, 0.2) is 0 Å². The topological polar surface area (TPSA) is 35.2 Å². The number of aryl methyl sites for hydroxylation is 1. The zero-order valence-corrected chi connectivity index (χ0v) is 9.27. The summed E-state index contributed by atoms with van der Waals surface area (Å²) in [6.45, 7) is 5.90. The van der Waals surface area contributed by atoms with Crippen molar-refractivity contribution < 1.29 is 4.74 Å². The first-order valence-corrected chi connectivity index (χ1v) is 4.62. The fraction of sp³-hybridized carbons (Fsp3) is 0.400. The lowest BCUT2D eigenvalue weighted by Gasteiger charge is -2.05. The van der Waals surface area contributed by atoms with Crippen molar-refractivity contribution in [1.82, 2.24) is 0 Å². The Balaban J connectivity index is 0.000000671. The van der Waals surface area contributed by atoms with Crippen molar-refractivity contribution >= 4 is 17.3 Å². The van der Waals surface area contributed by atoms with Crippen molar-refractivity contribution in [3.63, 3.8) is 0 Å². The van der Waals surface area contributed by atoms with Crippen molar-refractivity contribution in [1.29, 1.82) is 0 Å². The molecule has 0 heterocycles. The Labute approximate surface area is 84.7 Å². The number of rotatable bonds is 1. The van der Waals surface area contributed by atoms with Crippen LogP contribution < -0.4 is 10.5 Å². The summed E-state index contributed by atoms with van der Waals surface area (Å²) >= 11 is 5.83. The van der Waals surface area contributed by atoms with Gasteiger partial charge < -0.3 is 10.5 Å². The van der Waals surface area contributed by atoms with Gasteiger partial charge in [0.2, 0.25) is 0 Å². The molecule has 0 saturated heterocycles. The van der Waals surface area contributed by atoms with Gasteiger partial charge in [-0.2, -0.15) is 0 Å². The number of halogens is 1. The zero-order valence-electron chi connectivity index (χ0n) is 8.52. The van der Waals surface area contributed by atoms with Gasteiger partial charge in [-0.3, -0.25) is 0 Å². The smallest absolute Gasteiger partial charge is 0.143 e. The molecular formula is C10H16ClNO. The summed E-state index contributed by atoms with van der Waals surface area (Å²) in [4.78, 5) is 0. The van der Waals surface area contributed by atoms with Gasteiger partial charge in [-0.25, -0.2) is 0 Å². The molecule has 0 atom stereocenters. The summed E-state index contributed by atoms with van der Waals surface area (Å²) in [5.74, 6) is 0.626. The molecular weight excluding hydrogens is 186 g/mol. The predicted octanol–water partition coefficient (Wildman–Crippen LogP) is 3.27. The lowest BCUT2D eigenvalue weighted by Crippen LogP contribution is -1.92. The first-order chi connectivity index (χ1) is 6.15. The highest BCUT2D eigenvalue weighted by Crippen LogP contribution is 2.28. The van der Waals surface area contributed by atoms with Crippen LogP contribution in [0.1, 0.15) is 19.4 Å². The second-order valence-electron chi connectivity index (χ2n) is 2.34. The van der Waals surface area contributed by atoms with E-state index in [-0.39, 0.29) is 0 Å². The van der Waals surface area contributed by atoms with E-state index < -0.39 is 0 Å². The molecule has 0 bridgehead atoms. The summed E-state index contributed by atoms with van der Waals surface area (Å²) in [6, 6.07) is 3.51. The summed E-state index contributed by atoms with van der Waals surface area (Å²) in [5.41, 5.74) is 7.20. The third-order valence-corrected chi connectivity index (χ3v) is 1.92. The first kappa shape index (κ1) is 12.1. The fourth-order valence-electron chi connectivity index (χ4n) is 0.862. The van der Waals surface area contributed by atoms with Crippen molar-refractivity contribution in [3.8, 4) is 5.75 Å². The maximum Gasteiger partial charge on any atom is 0.143 e. The average molecular weight is 202 g/mol. The van der Waals surface area contributed by atoms with Gasteiger partial charge in [-0.1, -0.05) is 25.4 Å². The minimum Gasteiger partial charge on any atom is -0.495 e. The maximum atomic E-state index is 5.83. The lowest BCUT2D eigenvalue weighted by molar-refractivity contribution is 0.417. The molecule has 1 aromatic rings. The normalized spacial score (nSPS) is 8.69. The van der Waals surface area contributed by atoms with Gasteiger partial charge in [0.1, 0.15) is 5.75 Å². The van der Waals surface area contributed by atoms with Crippen LogP contribution >= 0.6 is 11.6 Å². The molecule has 0 spiro atoms. The average Bonchev–Trinajstić information content (AvgIpc) is 2.15. The molecule has 1 aromatic carbocycles. The lowest BCUT2D eigenvalue weighted by atomic mass is 10.2. The van der Waals surface area contributed by atoms with E-state index in [9.17, 15) is 0 Å². The molecule has 2 nitrogen and oxygen atoms in total. The maximum absolute atomic E-state index is 5.83. The molecule has 0 aliphatic rings. The SMILES string of the molecule is CC.COc1cc(Cl)c(C)cc1N. The van der Waals surface area contributed by atoms with E-state index >= 15 is 0 Å². The molecule has 13 heavy (non-hydrogen) atoms. The van der Waals surface area contributed by atoms with Gasteiger partial charge >= 0.3 is 0 Å².